The van der Waals surface area contributed by atoms with Crippen molar-refractivity contribution in [3.05, 3.63) is 67.8 Å². The largest absolute Gasteiger partial charge is 0.488 e. The van der Waals surface area contributed by atoms with Gasteiger partial charge < -0.3 is 4.74 Å². The van der Waals surface area contributed by atoms with Crippen LogP contribution in [-0.4, -0.2) is 6.61 Å². The molecule has 1 aliphatic carbocycles. The molecule has 0 saturated heterocycles. The Morgan fingerprint density at radius 3 is 2.57 bits per heavy atom. The minimum absolute atomic E-state index is 0.680. The number of aryl methyl sites for hydroxylation is 1. The van der Waals surface area contributed by atoms with E-state index in [1.807, 2.05) is 12.1 Å². The van der Waals surface area contributed by atoms with Crippen LogP contribution >= 0.6 is 34.2 Å². The summed E-state index contributed by atoms with van der Waals surface area (Å²) in [5.74, 6) is 0.984. The molecule has 0 N–H and O–H groups in total. The Morgan fingerprint density at radius 2 is 1.87 bits per heavy atom. The number of benzene rings is 2. The van der Waals surface area contributed by atoms with Crippen LogP contribution in [0, 0.1) is 3.57 Å². The lowest BCUT2D eigenvalue weighted by molar-refractivity contribution is 0.347. The van der Waals surface area contributed by atoms with Gasteiger partial charge in [-0.05, 0) is 94.8 Å². The van der Waals surface area contributed by atoms with Crippen molar-refractivity contribution in [1.82, 2.24) is 0 Å². The fourth-order valence-corrected chi connectivity index (χ4v) is 3.87. The highest BCUT2D eigenvalue weighted by molar-refractivity contribution is 14.1. The highest BCUT2D eigenvalue weighted by atomic mass is 127. The van der Waals surface area contributed by atoms with E-state index in [0.29, 0.717) is 6.61 Å². The lowest BCUT2D eigenvalue weighted by Crippen LogP contribution is -2.02. The van der Waals surface area contributed by atoms with E-state index in [2.05, 4.69) is 59.8 Å². The second-order valence-electron chi connectivity index (χ2n) is 5.85. The average molecular weight is 439 g/mol. The van der Waals surface area contributed by atoms with E-state index in [1.165, 1.54) is 32.3 Å². The van der Waals surface area contributed by atoms with Crippen molar-refractivity contribution >= 4 is 39.8 Å². The number of halogens is 2. The number of ether oxygens (including phenoxy) is 1. The minimum Gasteiger partial charge on any atom is -0.488 e. The maximum atomic E-state index is 6.10. The zero-order valence-corrected chi connectivity index (χ0v) is 16.2. The van der Waals surface area contributed by atoms with E-state index in [1.54, 1.807) is 0 Å². The fraction of sp³-hybridized carbons (Fsp3) is 0.300. The summed E-state index contributed by atoms with van der Waals surface area (Å²) < 4.78 is 7.29. The van der Waals surface area contributed by atoms with E-state index in [-0.39, 0.29) is 0 Å². The fourth-order valence-electron chi connectivity index (χ4n) is 3.01. The Hall–Kier alpha value is -1.000. The quantitative estimate of drug-likeness (QED) is 0.483. The van der Waals surface area contributed by atoms with Gasteiger partial charge in [0, 0.05) is 5.02 Å². The number of hydrogen-bond donors (Lipinski definition) is 0. The van der Waals surface area contributed by atoms with E-state index >= 15 is 0 Å². The number of hydrogen-bond acceptors (Lipinski definition) is 1. The van der Waals surface area contributed by atoms with Crippen LogP contribution in [0.15, 0.2) is 48.0 Å². The predicted octanol–water partition coefficient (Wildman–Crippen LogP) is 6.52. The first kappa shape index (κ1) is 16.8. The lowest BCUT2D eigenvalue weighted by Gasteiger charge is -2.12. The van der Waals surface area contributed by atoms with Gasteiger partial charge in [0.15, 0.2) is 0 Å². The van der Waals surface area contributed by atoms with Gasteiger partial charge in [0.05, 0.1) is 3.57 Å². The van der Waals surface area contributed by atoms with Crippen molar-refractivity contribution in [2.45, 2.75) is 32.6 Å². The van der Waals surface area contributed by atoms with Crippen LogP contribution in [0.25, 0.3) is 5.57 Å². The van der Waals surface area contributed by atoms with Crippen molar-refractivity contribution in [3.63, 3.8) is 0 Å². The first-order valence-corrected chi connectivity index (χ1v) is 9.51. The molecule has 3 rings (SSSR count). The second kappa shape index (κ2) is 7.71. The van der Waals surface area contributed by atoms with Gasteiger partial charge in [0.25, 0.3) is 0 Å². The molecule has 1 nitrogen and oxygen atoms in total. The lowest BCUT2D eigenvalue weighted by atomic mass is 10.0. The Labute approximate surface area is 156 Å². The topological polar surface area (TPSA) is 9.23 Å². The van der Waals surface area contributed by atoms with Crippen LogP contribution in [0.5, 0.6) is 5.75 Å². The maximum Gasteiger partial charge on any atom is 0.133 e. The van der Waals surface area contributed by atoms with E-state index in [9.17, 15) is 0 Å². The van der Waals surface area contributed by atoms with Crippen molar-refractivity contribution in [2.24, 2.45) is 0 Å². The molecular formula is C20H20ClIO. The van der Waals surface area contributed by atoms with Crippen molar-refractivity contribution in [3.8, 4) is 5.75 Å². The molecule has 0 saturated carbocycles. The van der Waals surface area contributed by atoms with E-state index in [0.717, 1.165) is 30.0 Å². The molecular weight excluding hydrogens is 419 g/mol. The molecule has 0 aliphatic heterocycles. The molecule has 120 valence electrons. The van der Waals surface area contributed by atoms with Crippen LogP contribution in [0.2, 0.25) is 5.02 Å². The molecule has 0 radical (unpaired) electrons. The van der Waals surface area contributed by atoms with Crippen molar-refractivity contribution in [1.29, 1.82) is 0 Å². The third-order valence-corrected chi connectivity index (χ3v) is 5.43. The SMILES string of the molecule is CCc1ccc(OCC2=C(c3ccc(Cl)cc3)CCC2)c(I)c1. The zero-order valence-electron chi connectivity index (χ0n) is 13.2. The van der Waals surface area contributed by atoms with Crippen molar-refractivity contribution < 1.29 is 4.74 Å². The first-order valence-electron chi connectivity index (χ1n) is 8.05. The van der Waals surface area contributed by atoms with Gasteiger partial charge in [-0.2, -0.15) is 0 Å². The van der Waals surface area contributed by atoms with Gasteiger partial charge in [0.2, 0.25) is 0 Å². The first-order chi connectivity index (χ1) is 11.2. The Morgan fingerprint density at radius 1 is 1.09 bits per heavy atom. The smallest absolute Gasteiger partial charge is 0.133 e. The van der Waals surface area contributed by atoms with Crippen LogP contribution in [0.4, 0.5) is 0 Å². The molecule has 3 heteroatoms. The molecule has 0 atom stereocenters. The molecule has 1 aliphatic rings. The monoisotopic (exact) mass is 438 g/mol. The summed E-state index contributed by atoms with van der Waals surface area (Å²) in [6, 6.07) is 14.6. The highest BCUT2D eigenvalue weighted by Crippen LogP contribution is 2.35. The summed E-state index contributed by atoms with van der Waals surface area (Å²) in [6.45, 7) is 2.85. The molecule has 0 fully saturated rings. The molecule has 0 unspecified atom stereocenters. The highest BCUT2D eigenvalue weighted by Gasteiger charge is 2.17. The summed E-state index contributed by atoms with van der Waals surface area (Å²) in [7, 11) is 0. The van der Waals surface area contributed by atoms with Crippen LogP contribution in [0.3, 0.4) is 0 Å². The number of allylic oxidation sites excluding steroid dienone is 1. The molecule has 2 aromatic rings. The summed E-state index contributed by atoms with van der Waals surface area (Å²) in [6.07, 6.45) is 4.53. The average Bonchev–Trinajstić information content (AvgIpc) is 3.03. The third-order valence-electron chi connectivity index (χ3n) is 4.33. The summed E-state index contributed by atoms with van der Waals surface area (Å²) >= 11 is 8.36. The van der Waals surface area contributed by atoms with Gasteiger partial charge in [-0.15, -0.1) is 0 Å². The molecule has 0 heterocycles. The molecule has 0 aromatic heterocycles. The van der Waals surface area contributed by atoms with Gasteiger partial charge >= 0.3 is 0 Å². The molecule has 0 amide bonds. The molecule has 2 aromatic carbocycles. The van der Waals surface area contributed by atoms with Gasteiger partial charge in [0.1, 0.15) is 12.4 Å². The van der Waals surface area contributed by atoms with E-state index in [4.69, 9.17) is 16.3 Å². The summed E-state index contributed by atoms with van der Waals surface area (Å²) in [5, 5.41) is 0.788. The Bertz CT molecular complexity index is 719. The van der Waals surface area contributed by atoms with Crippen LogP contribution in [0.1, 0.15) is 37.3 Å². The van der Waals surface area contributed by atoms with Crippen molar-refractivity contribution in [2.75, 3.05) is 6.61 Å². The normalized spacial score (nSPS) is 14.4. The van der Waals surface area contributed by atoms with E-state index < -0.39 is 0 Å². The molecule has 0 bridgehead atoms. The maximum absolute atomic E-state index is 6.10. The zero-order chi connectivity index (χ0) is 16.2. The van der Waals surface area contributed by atoms with Crippen LogP contribution in [-0.2, 0) is 6.42 Å². The summed E-state index contributed by atoms with van der Waals surface area (Å²) in [5.41, 5.74) is 5.48. The Balaban J connectivity index is 1.76. The summed E-state index contributed by atoms with van der Waals surface area (Å²) in [4.78, 5) is 0. The molecule has 23 heavy (non-hydrogen) atoms. The molecule has 0 spiro atoms. The van der Waals surface area contributed by atoms with Gasteiger partial charge in [-0.1, -0.05) is 36.7 Å². The Kier molecular flexibility index (Phi) is 5.65. The standard InChI is InChI=1S/C20H20ClIO/c1-2-14-6-11-20(19(22)12-14)23-13-16-4-3-5-18(16)15-7-9-17(21)10-8-15/h6-12H,2-5,13H2,1H3. The van der Waals surface area contributed by atoms with Crippen LogP contribution < -0.4 is 4.74 Å². The second-order valence-corrected chi connectivity index (χ2v) is 7.45. The van der Waals surface area contributed by atoms with Gasteiger partial charge in [-0.3, -0.25) is 0 Å². The number of rotatable bonds is 5. The predicted molar refractivity (Wildman–Crippen MR) is 106 cm³/mol. The third kappa shape index (κ3) is 4.10. The minimum atomic E-state index is 0.680. The van der Waals surface area contributed by atoms with Gasteiger partial charge in [-0.25, -0.2) is 0 Å².